The predicted molar refractivity (Wildman–Crippen MR) is 66.1 cm³/mol. The molecule has 1 aromatic carbocycles. The van der Waals surface area contributed by atoms with E-state index in [4.69, 9.17) is 10.5 Å². The van der Waals surface area contributed by atoms with Crippen molar-refractivity contribution < 1.29 is 0 Å². The van der Waals surface area contributed by atoms with Gasteiger partial charge in [-0.1, -0.05) is 25.6 Å². The molecule has 0 spiro atoms. The van der Waals surface area contributed by atoms with Gasteiger partial charge in [0.05, 0.1) is 11.1 Å². The van der Waals surface area contributed by atoms with E-state index in [2.05, 4.69) is 31.1 Å². The van der Waals surface area contributed by atoms with Crippen LogP contribution in [-0.2, 0) is 0 Å². The summed E-state index contributed by atoms with van der Waals surface area (Å²) < 4.78 is 0. The van der Waals surface area contributed by atoms with Crippen LogP contribution in [0.4, 0.5) is 0 Å². The van der Waals surface area contributed by atoms with E-state index in [1.54, 1.807) is 18.2 Å². The third-order valence-corrected chi connectivity index (χ3v) is 2.72. The van der Waals surface area contributed by atoms with Gasteiger partial charge >= 0.3 is 0 Å². The fraction of sp³-hybridized carbons (Fsp3) is 0.231. The lowest BCUT2D eigenvalue weighted by Gasteiger charge is -2.03. The minimum absolute atomic E-state index is 0.393. The molecule has 2 nitrogen and oxygen atoms in total. The Morgan fingerprint density at radius 1 is 1.00 bits per heavy atom. The lowest BCUT2D eigenvalue weighted by atomic mass is 10.1. The maximum atomic E-state index is 8.86. The largest absolute Gasteiger partial charge is 0.192 e. The van der Waals surface area contributed by atoms with Crippen LogP contribution in [0.5, 0.6) is 0 Å². The highest BCUT2D eigenvalue weighted by molar-refractivity contribution is 6.83. The van der Waals surface area contributed by atoms with E-state index in [1.807, 2.05) is 12.1 Å². The van der Waals surface area contributed by atoms with Gasteiger partial charge in [-0.05, 0) is 18.2 Å². The molecule has 0 aliphatic carbocycles. The predicted octanol–water partition coefficient (Wildman–Crippen LogP) is 2.66. The highest BCUT2D eigenvalue weighted by atomic mass is 28.3. The van der Waals surface area contributed by atoms with Crippen molar-refractivity contribution in [2.24, 2.45) is 0 Å². The van der Waals surface area contributed by atoms with Crippen molar-refractivity contribution in [3.05, 3.63) is 34.9 Å². The second-order valence-electron chi connectivity index (χ2n) is 4.48. The summed E-state index contributed by atoms with van der Waals surface area (Å²) in [4.78, 5) is 0. The molecular weight excluding hydrogens is 212 g/mol. The van der Waals surface area contributed by atoms with Gasteiger partial charge in [0, 0.05) is 5.56 Å². The molecule has 0 N–H and O–H groups in total. The first-order valence-electron chi connectivity index (χ1n) is 4.94. The molecule has 0 amide bonds. The fourth-order valence-electron chi connectivity index (χ4n) is 1.07. The van der Waals surface area contributed by atoms with Gasteiger partial charge in [0.15, 0.2) is 0 Å². The molecule has 1 rings (SSSR count). The summed E-state index contributed by atoms with van der Waals surface area (Å²) in [5, 5.41) is 17.6. The Balaban J connectivity index is 3.16. The van der Waals surface area contributed by atoms with E-state index in [-0.39, 0.29) is 0 Å². The highest BCUT2D eigenvalue weighted by Crippen LogP contribution is 2.09. The highest BCUT2D eigenvalue weighted by Gasteiger charge is 2.07. The molecular formula is C13H12N2Si. The summed E-state index contributed by atoms with van der Waals surface area (Å²) >= 11 is 0. The minimum Gasteiger partial charge on any atom is -0.192 e. The zero-order chi connectivity index (χ0) is 12.2. The van der Waals surface area contributed by atoms with Crippen molar-refractivity contribution >= 4 is 8.07 Å². The van der Waals surface area contributed by atoms with Crippen LogP contribution in [0.1, 0.15) is 16.7 Å². The summed E-state index contributed by atoms with van der Waals surface area (Å²) in [5.74, 6) is 3.06. The molecule has 0 atom stereocenters. The molecule has 0 fully saturated rings. The molecule has 0 saturated carbocycles. The Labute approximate surface area is 97.2 Å². The van der Waals surface area contributed by atoms with Crippen LogP contribution in [0.25, 0.3) is 0 Å². The molecule has 0 heterocycles. The SMILES string of the molecule is C[Si](C)(C)C#Cc1ccc(C#N)c(C#N)c1. The lowest BCUT2D eigenvalue weighted by molar-refractivity contribution is 1.42. The number of hydrogen-bond donors (Lipinski definition) is 0. The van der Waals surface area contributed by atoms with Gasteiger partial charge in [0.2, 0.25) is 0 Å². The van der Waals surface area contributed by atoms with Gasteiger partial charge < -0.3 is 0 Å². The van der Waals surface area contributed by atoms with Gasteiger partial charge in [-0.25, -0.2) is 0 Å². The van der Waals surface area contributed by atoms with Gasteiger partial charge in [-0.3, -0.25) is 0 Å². The Bertz CT molecular complexity index is 543. The van der Waals surface area contributed by atoms with Gasteiger partial charge in [-0.15, -0.1) is 5.54 Å². The van der Waals surface area contributed by atoms with Crippen LogP contribution < -0.4 is 0 Å². The average Bonchev–Trinajstić information content (AvgIpc) is 2.25. The number of benzene rings is 1. The topological polar surface area (TPSA) is 47.6 Å². The molecule has 0 aliphatic heterocycles. The second kappa shape index (κ2) is 4.66. The first-order valence-corrected chi connectivity index (χ1v) is 8.44. The summed E-state index contributed by atoms with van der Waals surface area (Å²) in [7, 11) is -1.40. The molecule has 0 saturated heterocycles. The van der Waals surface area contributed by atoms with Crippen LogP contribution >= 0.6 is 0 Å². The molecule has 0 radical (unpaired) electrons. The maximum absolute atomic E-state index is 8.86. The smallest absolute Gasteiger partial charge is 0.129 e. The molecule has 78 valence electrons. The molecule has 0 unspecified atom stereocenters. The van der Waals surface area contributed by atoms with Gasteiger partial charge in [0.1, 0.15) is 20.2 Å². The van der Waals surface area contributed by atoms with Crippen molar-refractivity contribution in [3.8, 4) is 23.6 Å². The standard InChI is InChI=1S/C13H12N2Si/c1-16(2,3)7-6-11-4-5-12(9-14)13(8-11)10-15/h4-5,8H,1-3H3. The Hall–Kier alpha value is -2.02. The van der Waals surface area contributed by atoms with Gasteiger partial charge in [0.25, 0.3) is 0 Å². The number of hydrogen-bond acceptors (Lipinski definition) is 2. The van der Waals surface area contributed by atoms with Crippen molar-refractivity contribution in [1.82, 2.24) is 0 Å². The summed E-state index contributed by atoms with van der Waals surface area (Å²) in [6, 6.07) is 9.09. The molecule has 1 aromatic rings. The fourth-order valence-corrected chi connectivity index (χ4v) is 1.59. The quantitative estimate of drug-likeness (QED) is 0.502. The minimum atomic E-state index is -1.40. The average molecular weight is 224 g/mol. The summed E-state index contributed by atoms with van der Waals surface area (Å²) in [6.07, 6.45) is 0. The van der Waals surface area contributed by atoms with E-state index in [0.29, 0.717) is 11.1 Å². The van der Waals surface area contributed by atoms with Crippen molar-refractivity contribution in [2.75, 3.05) is 0 Å². The number of nitriles is 2. The van der Waals surface area contributed by atoms with E-state index in [1.165, 1.54) is 0 Å². The van der Waals surface area contributed by atoms with Crippen molar-refractivity contribution in [3.63, 3.8) is 0 Å². The molecule has 0 bridgehead atoms. The maximum Gasteiger partial charge on any atom is 0.129 e. The Kier molecular flexibility index (Phi) is 3.51. The second-order valence-corrected chi connectivity index (χ2v) is 9.23. The number of rotatable bonds is 0. The lowest BCUT2D eigenvalue weighted by Crippen LogP contribution is -2.16. The first kappa shape index (κ1) is 12.0. The van der Waals surface area contributed by atoms with E-state index >= 15 is 0 Å². The van der Waals surface area contributed by atoms with Gasteiger partial charge in [-0.2, -0.15) is 10.5 Å². The number of nitrogens with zero attached hydrogens (tertiary/aromatic N) is 2. The Morgan fingerprint density at radius 3 is 2.12 bits per heavy atom. The van der Waals surface area contributed by atoms with Crippen molar-refractivity contribution in [2.45, 2.75) is 19.6 Å². The molecule has 16 heavy (non-hydrogen) atoms. The third kappa shape index (κ3) is 3.28. The summed E-state index contributed by atoms with van der Waals surface area (Å²) in [5.41, 5.74) is 4.82. The van der Waals surface area contributed by atoms with E-state index in [9.17, 15) is 0 Å². The zero-order valence-corrected chi connectivity index (χ0v) is 10.6. The van der Waals surface area contributed by atoms with Crippen LogP contribution in [0, 0.1) is 34.1 Å². The van der Waals surface area contributed by atoms with Crippen LogP contribution in [0.2, 0.25) is 19.6 Å². The summed E-state index contributed by atoms with van der Waals surface area (Å²) in [6.45, 7) is 6.48. The molecule has 0 aromatic heterocycles. The normalized spacial score (nSPS) is 9.56. The Morgan fingerprint density at radius 2 is 1.62 bits per heavy atom. The third-order valence-electron chi connectivity index (χ3n) is 1.84. The zero-order valence-electron chi connectivity index (χ0n) is 9.63. The van der Waals surface area contributed by atoms with E-state index < -0.39 is 8.07 Å². The first-order chi connectivity index (χ1) is 7.46. The van der Waals surface area contributed by atoms with Crippen LogP contribution in [-0.4, -0.2) is 8.07 Å². The van der Waals surface area contributed by atoms with Crippen LogP contribution in [0.15, 0.2) is 18.2 Å². The van der Waals surface area contributed by atoms with Crippen LogP contribution in [0.3, 0.4) is 0 Å². The monoisotopic (exact) mass is 224 g/mol. The van der Waals surface area contributed by atoms with E-state index in [0.717, 1.165) is 5.56 Å². The van der Waals surface area contributed by atoms with Crippen molar-refractivity contribution in [1.29, 1.82) is 10.5 Å². The molecule has 0 aliphatic rings. The molecule has 3 heteroatoms.